The van der Waals surface area contributed by atoms with Crippen LogP contribution in [0.4, 0.5) is 0 Å². The van der Waals surface area contributed by atoms with Crippen molar-refractivity contribution in [3.8, 4) is 0 Å². The molecule has 2 aromatic heterocycles. The van der Waals surface area contributed by atoms with E-state index in [1.807, 2.05) is 17.7 Å². The molecule has 0 spiro atoms. The number of imidazole rings is 1. The molecule has 0 fully saturated rings. The first-order valence-electron chi connectivity index (χ1n) is 4.41. The summed E-state index contributed by atoms with van der Waals surface area (Å²) in [7, 11) is 0. The average Bonchev–Trinajstić information content (AvgIpc) is 2.79. The van der Waals surface area contributed by atoms with Gasteiger partial charge in [-0.3, -0.25) is 0 Å². The fourth-order valence-electron chi connectivity index (χ4n) is 1.36. The zero-order valence-electron chi connectivity index (χ0n) is 7.97. The van der Waals surface area contributed by atoms with Crippen molar-refractivity contribution in [2.45, 2.75) is 20.0 Å². The molecule has 74 valence electrons. The fraction of sp³-hybridized carbons (Fsp3) is 0.333. The van der Waals surface area contributed by atoms with Crippen LogP contribution in [0.3, 0.4) is 0 Å². The zero-order chi connectivity index (χ0) is 9.97. The van der Waals surface area contributed by atoms with Crippen LogP contribution in [-0.4, -0.2) is 14.7 Å². The SMILES string of the molecule is Cc1onc(CN)c1Cn1ccnc1. The first kappa shape index (κ1) is 8.96. The quantitative estimate of drug-likeness (QED) is 0.776. The second-order valence-electron chi connectivity index (χ2n) is 3.10. The number of nitrogens with two attached hydrogens (primary N) is 1. The molecule has 14 heavy (non-hydrogen) atoms. The summed E-state index contributed by atoms with van der Waals surface area (Å²) in [6.07, 6.45) is 5.39. The summed E-state index contributed by atoms with van der Waals surface area (Å²) < 4.78 is 7.03. The van der Waals surface area contributed by atoms with Crippen molar-refractivity contribution >= 4 is 0 Å². The van der Waals surface area contributed by atoms with Crippen molar-refractivity contribution in [3.05, 3.63) is 35.7 Å². The van der Waals surface area contributed by atoms with Crippen LogP contribution in [0, 0.1) is 6.92 Å². The highest BCUT2D eigenvalue weighted by Crippen LogP contribution is 2.14. The molecule has 0 saturated carbocycles. The van der Waals surface area contributed by atoms with Gasteiger partial charge in [-0.1, -0.05) is 5.16 Å². The lowest BCUT2D eigenvalue weighted by atomic mass is 10.2. The maximum Gasteiger partial charge on any atom is 0.138 e. The molecule has 0 atom stereocenters. The summed E-state index contributed by atoms with van der Waals surface area (Å²) in [5, 5.41) is 3.88. The summed E-state index contributed by atoms with van der Waals surface area (Å²) in [5.74, 6) is 0.819. The van der Waals surface area contributed by atoms with Crippen molar-refractivity contribution in [3.63, 3.8) is 0 Å². The molecule has 0 amide bonds. The monoisotopic (exact) mass is 192 g/mol. The van der Waals surface area contributed by atoms with Gasteiger partial charge in [0.1, 0.15) is 11.5 Å². The van der Waals surface area contributed by atoms with Crippen LogP contribution in [0.5, 0.6) is 0 Å². The van der Waals surface area contributed by atoms with E-state index in [2.05, 4.69) is 10.1 Å². The number of aromatic nitrogens is 3. The van der Waals surface area contributed by atoms with E-state index in [1.165, 1.54) is 0 Å². The third-order valence-corrected chi connectivity index (χ3v) is 2.16. The Balaban J connectivity index is 2.27. The molecule has 0 aliphatic carbocycles. The molecule has 0 radical (unpaired) electrons. The highest BCUT2D eigenvalue weighted by atomic mass is 16.5. The van der Waals surface area contributed by atoms with Crippen LogP contribution in [0.2, 0.25) is 0 Å². The molecule has 0 aromatic carbocycles. The summed E-state index contributed by atoms with van der Waals surface area (Å²) >= 11 is 0. The second-order valence-corrected chi connectivity index (χ2v) is 3.10. The van der Waals surface area contributed by atoms with Crippen LogP contribution >= 0.6 is 0 Å². The minimum absolute atomic E-state index is 0.404. The van der Waals surface area contributed by atoms with Gasteiger partial charge in [-0.2, -0.15) is 0 Å². The van der Waals surface area contributed by atoms with Crippen molar-refractivity contribution < 1.29 is 4.52 Å². The third-order valence-electron chi connectivity index (χ3n) is 2.16. The minimum atomic E-state index is 0.404. The molecule has 2 rings (SSSR count). The van der Waals surface area contributed by atoms with Gasteiger partial charge in [0.15, 0.2) is 0 Å². The van der Waals surface area contributed by atoms with Gasteiger partial charge in [0.2, 0.25) is 0 Å². The maximum absolute atomic E-state index is 5.55. The van der Waals surface area contributed by atoms with Crippen LogP contribution in [0.15, 0.2) is 23.2 Å². The van der Waals surface area contributed by atoms with E-state index in [0.29, 0.717) is 13.1 Å². The van der Waals surface area contributed by atoms with Gasteiger partial charge in [0, 0.05) is 24.5 Å². The Bertz CT molecular complexity index is 404. The Kier molecular flexibility index (Phi) is 2.32. The summed E-state index contributed by atoms with van der Waals surface area (Å²) in [5.41, 5.74) is 7.41. The highest BCUT2D eigenvalue weighted by molar-refractivity contribution is 5.22. The van der Waals surface area contributed by atoms with E-state index in [-0.39, 0.29) is 0 Å². The van der Waals surface area contributed by atoms with Crippen molar-refractivity contribution in [1.82, 2.24) is 14.7 Å². The molecular formula is C9H12N4O. The minimum Gasteiger partial charge on any atom is -0.361 e. The number of nitrogens with zero attached hydrogens (tertiary/aromatic N) is 3. The standard InChI is InChI=1S/C9H12N4O/c1-7-8(9(4-10)12-14-7)5-13-3-2-11-6-13/h2-3,6H,4-5,10H2,1H3. The summed E-state index contributed by atoms with van der Waals surface area (Å²) in [6.45, 7) is 3.00. The predicted molar refractivity (Wildman–Crippen MR) is 50.5 cm³/mol. The van der Waals surface area contributed by atoms with Gasteiger partial charge in [-0.15, -0.1) is 0 Å². The molecule has 2 aromatic rings. The lowest BCUT2D eigenvalue weighted by Gasteiger charge is -2.01. The third kappa shape index (κ3) is 1.54. The van der Waals surface area contributed by atoms with Gasteiger partial charge in [-0.05, 0) is 6.92 Å². The average molecular weight is 192 g/mol. The van der Waals surface area contributed by atoms with Crippen molar-refractivity contribution in [1.29, 1.82) is 0 Å². The lowest BCUT2D eigenvalue weighted by molar-refractivity contribution is 0.389. The molecular weight excluding hydrogens is 180 g/mol. The molecule has 5 heteroatoms. The molecule has 0 bridgehead atoms. The van der Waals surface area contributed by atoms with Crippen molar-refractivity contribution in [2.75, 3.05) is 0 Å². The Morgan fingerprint density at radius 3 is 3.07 bits per heavy atom. The lowest BCUT2D eigenvalue weighted by Crippen LogP contribution is -2.04. The van der Waals surface area contributed by atoms with E-state index < -0.39 is 0 Å². The Hall–Kier alpha value is -1.62. The Morgan fingerprint density at radius 1 is 1.57 bits per heavy atom. The van der Waals surface area contributed by atoms with Crippen LogP contribution in [0.25, 0.3) is 0 Å². The molecule has 0 aliphatic rings. The van der Waals surface area contributed by atoms with Crippen molar-refractivity contribution in [2.24, 2.45) is 5.73 Å². The molecule has 0 aliphatic heterocycles. The Labute approximate surface area is 81.5 Å². The topological polar surface area (TPSA) is 69.9 Å². The van der Waals surface area contributed by atoms with E-state index in [4.69, 9.17) is 10.3 Å². The normalized spacial score (nSPS) is 10.7. The first-order valence-corrected chi connectivity index (χ1v) is 4.41. The molecule has 0 saturated heterocycles. The number of hydrogen-bond acceptors (Lipinski definition) is 4. The van der Waals surface area contributed by atoms with Crippen LogP contribution < -0.4 is 5.73 Å². The fourth-order valence-corrected chi connectivity index (χ4v) is 1.36. The highest BCUT2D eigenvalue weighted by Gasteiger charge is 2.11. The summed E-state index contributed by atoms with van der Waals surface area (Å²) in [4.78, 5) is 3.97. The Morgan fingerprint density at radius 2 is 2.43 bits per heavy atom. The smallest absolute Gasteiger partial charge is 0.138 e. The second kappa shape index (κ2) is 3.63. The number of aryl methyl sites for hydroxylation is 1. The van der Waals surface area contributed by atoms with Gasteiger partial charge in [-0.25, -0.2) is 4.98 Å². The predicted octanol–water partition coefficient (Wildman–Crippen LogP) is 0.687. The van der Waals surface area contributed by atoms with Gasteiger partial charge in [0.05, 0.1) is 12.9 Å². The van der Waals surface area contributed by atoms with Gasteiger partial charge >= 0.3 is 0 Å². The summed E-state index contributed by atoms with van der Waals surface area (Å²) in [6, 6.07) is 0. The molecule has 2 heterocycles. The molecule has 0 unspecified atom stereocenters. The number of hydrogen-bond donors (Lipinski definition) is 1. The zero-order valence-corrected chi connectivity index (χ0v) is 7.97. The van der Waals surface area contributed by atoms with Crippen LogP contribution in [-0.2, 0) is 13.1 Å². The van der Waals surface area contributed by atoms with E-state index in [1.54, 1.807) is 12.5 Å². The number of rotatable bonds is 3. The largest absolute Gasteiger partial charge is 0.361 e. The van der Waals surface area contributed by atoms with Gasteiger partial charge in [0.25, 0.3) is 0 Å². The molecule has 2 N–H and O–H groups in total. The van der Waals surface area contributed by atoms with E-state index in [9.17, 15) is 0 Å². The molecule has 5 nitrogen and oxygen atoms in total. The van der Waals surface area contributed by atoms with Crippen LogP contribution in [0.1, 0.15) is 17.0 Å². The van der Waals surface area contributed by atoms with E-state index in [0.717, 1.165) is 17.0 Å². The van der Waals surface area contributed by atoms with E-state index >= 15 is 0 Å². The maximum atomic E-state index is 5.55. The first-order chi connectivity index (χ1) is 6.81. The van der Waals surface area contributed by atoms with Gasteiger partial charge < -0.3 is 14.8 Å².